The molecule has 4 nitrogen and oxygen atoms in total. The van der Waals surface area contributed by atoms with Crippen LogP contribution in [-0.2, 0) is 13.6 Å². The second-order valence-corrected chi connectivity index (χ2v) is 4.38. The van der Waals surface area contributed by atoms with E-state index in [4.69, 9.17) is 11.6 Å². The van der Waals surface area contributed by atoms with Crippen molar-refractivity contribution in [2.24, 2.45) is 7.05 Å². The van der Waals surface area contributed by atoms with Crippen LogP contribution >= 0.6 is 11.6 Å². The van der Waals surface area contributed by atoms with Gasteiger partial charge >= 0.3 is 0 Å². The number of hydrogen-bond donors (Lipinski definition) is 2. The highest BCUT2D eigenvalue weighted by molar-refractivity contribution is 6.31. The lowest BCUT2D eigenvalue weighted by Crippen LogP contribution is -2.21. The van der Waals surface area contributed by atoms with Crippen LogP contribution in [0.5, 0.6) is 0 Å². The fourth-order valence-electron chi connectivity index (χ4n) is 1.55. The van der Waals surface area contributed by atoms with Crippen LogP contribution in [-0.4, -0.2) is 27.5 Å². The number of halogens is 1. The number of aromatic nitrogens is 2. The van der Waals surface area contributed by atoms with Crippen molar-refractivity contribution in [1.29, 1.82) is 0 Å². The van der Waals surface area contributed by atoms with Crippen LogP contribution < -0.4 is 5.32 Å². The fraction of sp³-hybridized carbons (Fsp3) is 0.727. The Morgan fingerprint density at radius 2 is 2.25 bits per heavy atom. The number of nitrogens with one attached hydrogen (secondary N) is 1. The van der Waals surface area contributed by atoms with Crippen LogP contribution in [0.1, 0.15) is 31.2 Å². The van der Waals surface area contributed by atoms with E-state index in [9.17, 15) is 5.11 Å². The summed E-state index contributed by atoms with van der Waals surface area (Å²) in [6.07, 6.45) is 1.36. The molecule has 1 aromatic heterocycles. The Labute approximate surface area is 102 Å². The standard InChI is InChI=1S/C11H20ClN3O/c1-4-9(16)5-6-13-7-10-11(12)8(2)14-15(10)3/h9,13,16H,4-7H2,1-3H3. The average Bonchev–Trinajstić information content (AvgIpc) is 2.49. The molecule has 16 heavy (non-hydrogen) atoms. The molecule has 0 amide bonds. The van der Waals surface area contributed by atoms with E-state index in [0.29, 0.717) is 6.54 Å². The normalized spacial score (nSPS) is 13.1. The predicted octanol–water partition coefficient (Wildman–Crippen LogP) is 1.63. The second-order valence-electron chi connectivity index (χ2n) is 4.00. The summed E-state index contributed by atoms with van der Waals surface area (Å²) in [6, 6.07) is 0. The maximum atomic E-state index is 9.38. The SMILES string of the molecule is CCC(O)CCNCc1c(Cl)c(C)nn1C. The summed E-state index contributed by atoms with van der Waals surface area (Å²) in [6.45, 7) is 5.35. The van der Waals surface area contributed by atoms with Crippen LogP contribution in [0.25, 0.3) is 0 Å². The first-order chi connectivity index (χ1) is 7.56. The minimum atomic E-state index is -0.212. The fourth-order valence-corrected chi connectivity index (χ4v) is 1.78. The van der Waals surface area contributed by atoms with E-state index in [2.05, 4.69) is 10.4 Å². The highest BCUT2D eigenvalue weighted by Gasteiger charge is 2.10. The Morgan fingerprint density at radius 1 is 1.56 bits per heavy atom. The zero-order chi connectivity index (χ0) is 12.1. The molecular weight excluding hydrogens is 226 g/mol. The number of aryl methyl sites for hydroxylation is 2. The van der Waals surface area contributed by atoms with Gasteiger partial charge in [-0.3, -0.25) is 4.68 Å². The van der Waals surface area contributed by atoms with Gasteiger partial charge in [0.05, 0.1) is 22.5 Å². The van der Waals surface area contributed by atoms with E-state index in [-0.39, 0.29) is 6.10 Å². The summed E-state index contributed by atoms with van der Waals surface area (Å²) in [4.78, 5) is 0. The minimum Gasteiger partial charge on any atom is -0.393 e. The molecule has 0 fully saturated rings. The van der Waals surface area contributed by atoms with Crippen LogP contribution in [0.15, 0.2) is 0 Å². The van der Waals surface area contributed by atoms with Gasteiger partial charge in [0.15, 0.2) is 0 Å². The maximum Gasteiger partial charge on any atom is 0.0860 e. The van der Waals surface area contributed by atoms with Gasteiger partial charge in [-0.1, -0.05) is 18.5 Å². The molecule has 0 spiro atoms. The van der Waals surface area contributed by atoms with Crippen molar-refractivity contribution >= 4 is 11.6 Å². The number of aliphatic hydroxyl groups is 1. The molecule has 1 heterocycles. The van der Waals surface area contributed by atoms with E-state index < -0.39 is 0 Å². The maximum absolute atomic E-state index is 9.38. The van der Waals surface area contributed by atoms with Gasteiger partial charge in [-0.2, -0.15) is 5.10 Å². The van der Waals surface area contributed by atoms with Crippen molar-refractivity contribution < 1.29 is 5.11 Å². The van der Waals surface area contributed by atoms with E-state index in [1.54, 1.807) is 4.68 Å². The summed E-state index contributed by atoms with van der Waals surface area (Å²) in [5.41, 5.74) is 1.85. The summed E-state index contributed by atoms with van der Waals surface area (Å²) in [5, 5.41) is 17.6. The molecule has 0 aromatic carbocycles. The Kier molecular flexibility index (Phi) is 5.25. The predicted molar refractivity (Wildman–Crippen MR) is 65.6 cm³/mol. The molecule has 5 heteroatoms. The minimum absolute atomic E-state index is 0.212. The highest BCUT2D eigenvalue weighted by atomic mass is 35.5. The summed E-state index contributed by atoms with van der Waals surface area (Å²) in [7, 11) is 1.89. The van der Waals surface area contributed by atoms with Crippen LogP contribution in [0.4, 0.5) is 0 Å². The van der Waals surface area contributed by atoms with Crippen molar-refractivity contribution in [2.75, 3.05) is 6.54 Å². The van der Waals surface area contributed by atoms with Crippen molar-refractivity contribution in [3.05, 3.63) is 16.4 Å². The first kappa shape index (κ1) is 13.5. The van der Waals surface area contributed by atoms with Crippen LogP contribution in [0.2, 0.25) is 5.02 Å². The monoisotopic (exact) mass is 245 g/mol. The van der Waals surface area contributed by atoms with E-state index in [1.165, 1.54) is 0 Å². The number of hydrogen-bond acceptors (Lipinski definition) is 3. The van der Waals surface area contributed by atoms with Gasteiger partial charge in [0.25, 0.3) is 0 Å². The quantitative estimate of drug-likeness (QED) is 0.749. The molecule has 0 aliphatic rings. The third-order valence-electron chi connectivity index (χ3n) is 2.68. The van der Waals surface area contributed by atoms with Crippen molar-refractivity contribution in [3.63, 3.8) is 0 Å². The van der Waals surface area contributed by atoms with Gasteiger partial charge in [0, 0.05) is 13.6 Å². The lowest BCUT2D eigenvalue weighted by atomic mass is 10.2. The van der Waals surface area contributed by atoms with Gasteiger partial charge in [0.1, 0.15) is 0 Å². The Balaban J connectivity index is 2.37. The molecule has 0 aliphatic carbocycles. The molecule has 0 bridgehead atoms. The molecule has 1 unspecified atom stereocenters. The van der Waals surface area contributed by atoms with Crippen LogP contribution in [0, 0.1) is 6.92 Å². The third-order valence-corrected chi connectivity index (χ3v) is 3.17. The molecule has 0 saturated carbocycles. The molecule has 1 rings (SSSR count). The molecule has 1 aromatic rings. The zero-order valence-electron chi connectivity index (χ0n) is 10.1. The molecule has 0 aliphatic heterocycles. The summed E-state index contributed by atoms with van der Waals surface area (Å²) in [5.74, 6) is 0. The van der Waals surface area contributed by atoms with Crippen molar-refractivity contribution in [2.45, 2.75) is 39.3 Å². The van der Waals surface area contributed by atoms with Crippen molar-refractivity contribution in [1.82, 2.24) is 15.1 Å². The highest BCUT2D eigenvalue weighted by Crippen LogP contribution is 2.18. The zero-order valence-corrected chi connectivity index (χ0v) is 10.9. The molecular formula is C11H20ClN3O. The first-order valence-electron chi connectivity index (χ1n) is 5.63. The Bertz CT molecular complexity index is 338. The van der Waals surface area contributed by atoms with E-state index >= 15 is 0 Å². The van der Waals surface area contributed by atoms with Crippen molar-refractivity contribution in [3.8, 4) is 0 Å². The van der Waals surface area contributed by atoms with Gasteiger partial charge in [0.2, 0.25) is 0 Å². The molecule has 1 atom stereocenters. The topological polar surface area (TPSA) is 50.1 Å². The number of nitrogens with zero attached hydrogens (tertiary/aromatic N) is 2. The first-order valence-corrected chi connectivity index (χ1v) is 6.00. The summed E-state index contributed by atoms with van der Waals surface area (Å²) >= 11 is 6.11. The van der Waals surface area contributed by atoms with E-state index in [0.717, 1.165) is 35.8 Å². The van der Waals surface area contributed by atoms with E-state index in [1.807, 2.05) is 20.9 Å². The Hall–Kier alpha value is -0.580. The Morgan fingerprint density at radius 3 is 2.75 bits per heavy atom. The number of aliphatic hydroxyl groups excluding tert-OH is 1. The largest absolute Gasteiger partial charge is 0.393 e. The molecule has 0 radical (unpaired) electrons. The lowest BCUT2D eigenvalue weighted by molar-refractivity contribution is 0.159. The van der Waals surface area contributed by atoms with Gasteiger partial charge in [-0.05, 0) is 26.3 Å². The molecule has 92 valence electrons. The van der Waals surface area contributed by atoms with Gasteiger partial charge in [-0.15, -0.1) is 0 Å². The van der Waals surface area contributed by atoms with Gasteiger partial charge < -0.3 is 10.4 Å². The average molecular weight is 246 g/mol. The third kappa shape index (κ3) is 3.47. The lowest BCUT2D eigenvalue weighted by Gasteiger charge is -2.09. The summed E-state index contributed by atoms with van der Waals surface area (Å²) < 4.78 is 1.79. The van der Waals surface area contributed by atoms with Gasteiger partial charge in [-0.25, -0.2) is 0 Å². The second kappa shape index (κ2) is 6.23. The molecule has 2 N–H and O–H groups in total. The van der Waals surface area contributed by atoms with Crippen LogP contribution in [0.3, 0.4) is 0 Å². The smallest absolute Gasteiger partial charge is 0.0860 e. The molecule has 0 saturated heterocycles. The number of rotatable bonds is 6.